The second kappa shape index (κ2) is 12.3. The maximum atomic E-state index is 11.8. The highest BCUT2D eigenvalue weighted by atomic mass is 16.3. The van der Waals surface area contributed by atoms with Crippen molar-refractivity contribution in [1.82, 2.24) is 0 Å². The summed E-state index contributed by atoms with van der Waals surface area (Å²) in [7, 11) is 0. The van der Waals surface area contributed by atoms with Crippen molar-refractivity contribution in [2.45, 2.75) is 30.5 Å². The Morgan fingerprint density at radius 2 is 0.745 bits per heavy atom. The van der Waals surface area contributed by atoms with E-state index in [9.17, 15) is 20.4 Å². The van der Waals surface area contributed by atoms with Crippen LogP contribution in [0, 0.1) is 0 Å². The molecule has 0 spiro atoms. The Bertz CT molecular complexity index is 1750. The number of hydrogen-bond acceptors (Lipinski definition) is 6. The first-order valence-corrected chi connectivity index (χ1v) is 15.7. The predicted octanol–water partition coefficient (Wildman–Crippen LogP) is 9.03. The van der Waals surface area contributed by atoms with Crippen LogP contribution in [0.4, 0.5) is 34.1 Å². The molecular formula is C41H36N2O4. The van der Waals surface area contributed by atoms with Crippen LogP contribution >= 0.6 is 0 Å². The highest BCUT2D eigenvalue weighted by Gasteiger charge is 2.60. The lowest BCUT2D eigenvalue weighted by molar-refractivity contribution is -0.151. The Hall–Kier alpha value is -5.56. The van der Waals surface area contributed by atoms with Crippen molar-refractivity contribution in [3.8, 4) is 11.5 Å². The third kappa shape index (κ3) is 5.48. The van der Waals surface area contributed by atoms with E-state index in [1.165, 1.54) is 0 Å². The van der Waals surface area contributed by atoms with Crippen molar-refractivity contribution in [3.05, 3.63) is 169 Å². The summed E-state index contributed by atoms with van der Waals surface area (Å²) in [4.78, 5) is 4.07. The summed E-state index contributed by atoms with van der Waals surface area (Å²) in [5, 5.41) is 46.0. The Morgan fingerprint density at radius 3 is 1.00 bits per heavy atom. The number of benzene rings is 6. The molecule has 6 aromatic carbocycles. The average molecular weight is 621 g/mol. The van der Waals surface area contributed by atoms with Gasteiger partial charge in [0, 0.05) is 69.2 Å². The first kappa shape index (κ1) is 30.1. The van der Waals surface area contributed by atoms with Crippen LogP contribution in [0.2, 0.25) is 0 Å². The topological polar surface area (TPSA) is 87.4 Å². The molecule has 47 heavy (non-hydrogen) atoms. The molecular weight excluding hydrogens is 584 g/mol. The fraction of sp³-hybridized carbons (Fsp3) is 0.122. The Morgan fingerprint density at radius 1 is 0.447 bits per heavy atom. The molecule has 0 saturated heterocycles. The standard InChI is InChI=1S/C41H36N2O4/c1-41(47)38(34-24-22-32(26-36(34)44)42(28-14-6-2-7-15-28)29-16-8-3-9-17-29)40(46)39(41)35-25-23-33(27-37(35)45)43(30-18-10-4-11-19-30)31-20-12-5-13-21-31/h2-27,38-40,44-47H,1H3. The lowest BCUT2D eigenvalue weighted by Gasteiger charge is -2.55. The van der Waals surface area contributed by atoms with Crippen LogP contribution in [0.5, 0.6) is 11.5 Å². The molecule has 2 atom stereocenters. The summed E-state index contributed by atoms with van der Waals surface area (Å²) in [6.45, 7) is 1.65. The van der Waals surface area contributed by atoms with Crippen LogP contribution in [0.25, 0.3) is 0 Å². The van der Waals surface area contributed by atoms with Gasteiger partial charge >= 0.3 is 0 Å². The van der Waals surface area contributed by atoms with Gasteiger partial charge in [-0.25, -0.2) is 0 Å². The molecule has 1 saturated carbocycles. The van der Waals surface area contributed by atoms with Crippen molar-refractivity contribution in [3.63, 3.8) is 0 Å². The van der Waals surface area contributed by atoms with Crippen molar-refractivity contribution in [1.29, 1.82) is 0 Å². The van der Waals surface area contributed by atoms with E-state index >= 15 is 0 Å². The Kier molecular flexibility index (Phi) is 7.90. The number of aliphatic hydroxyl groups is 2. The van der Waals surface area contributed by atoms with Crippen LogP contribution in [0.1, 0.15) is 29.9 Å². The molecule has 0 radical (unpaired) electrons. The second-order valence-electron chi connectivity index (χ2n) is 12.2. The molecule has 4 N–H and O–H groups in total. The number of nitrogens with zero attached hydrogens (tertiary/aromatic N) is 2. The summed E-state index contributed by atoms with van der Waals surface area (Å²) in [6, 6.07) is 50.2. The maximum absolute atomic E-state index is 11.8. The van der Waals surface area contributed by atoms with Crippen LogP contribution < -0.4 is 9.80 Å². The van der Waals surface area contributed by atoms with E-state index in [0.717, 1.165) is 34.1 Å². The molecule has 0 aromatic heterocycles. The zero-order chi connectivity index (χ0) is 32.5. The van der Waals surface area contributed by atoms with Crippen LogP contribution in [0.3, 0.4) is 0 Å². The van der Waals surface area contributed by atoms with Gasteiger partial charge in [0.25, 0.3) is 0 Å². The molecule has 1 aliphatic carbocycles. The van der Waals surface area contributed by atoms with Crippen molar-refractivity contribution >= 4 is 34.1 Å². The van der Waals surface area contributed by atoms with Crippen LogP contribution in [-0.2, 0) is 0 Å². The molecule has 0 bridgehead atoms. The minimum absolute atomic E-state index is 0.0249. The van der Waals surface area contributed by atoms with E-state index in [4.69, 9.17) is 0 Å². The van der Waals surface area contributed by atoms with Gasteiger partial charge in [-0.2, -0.15) is 0 Å². The smallest absolute Gasteiger partial charge is 0.121 e. The van der Waals surface area contributed by atoms with Gasteiger partial charge in [-0.05, 0) is 67.6 Å². The number of phenols is 2. The molecule has 0 heterocycles. The van der Waals surface area contributed by atoms with Crippen LogP contribution in [-0.4, -0.2) is 32.1 Å². The highest BCUT2D eigenvalue weighted by Crippen LogP contribution is 2.59. The highest BCUT2D eigenvalue weighted by molar-refractivity contribution is 5.79. The van der Waals surface area contributed by atoms with E-state index in [1.807, 2.05) is 143 Å². The fourth-order valence-electron chi connectivity index (χ4n) is 7.03. The SMILES string of the molecule is CC1(O)C(c2ccc(N(c3ccccc3)c3ccccc3)cc2O)C(O)C1c1ccc(N(c2ccccc2)c2ccccc2)cc1O. The van der Waals surface area contributed by atoms with Gasteiger partial charge in [-0.3, -0.25) is 0 Å². The fourth-order valence-corrected chi connectivity index (χ4v) is 7.03. The van der Waals surface area contributed by atoms with E-state index in [-0.39, 0.29) is 11.5 Å². The number of aromatic hydroxyl groups is 2. The normalized spacial score (nSPS) is 20.3. The lowest BCUT2D eigenvalue weighted by Crippen LogP contribution is -2.60. The second-order valence-corrected chi connectivity index (χ2v) is 12.2. The van der Waals surface area contributed by atoms with E-state index < -0.39 is 23.5 Å². The monoisotopic (exact) mass is 620 g/mol. The Labute approximate surface area is 274 Å². The minimum Gasteiger partial charge on any atom is -0.508 e. The minimum atomic E-state index is -1.45. The number of hydrogen-bond donors (Lipinski definition) is 4. The third-order valence-electron chi connectivity index (χ3n) is 9.21. The summed E-state index contributed by atoms with van der Waals surface area (Å²) < 4.78 is 0. The molecule has 6 heteroatoms. The zero-order valence-electron chi connectivity index (χ0n) is 25.9. The predicted molar refractivity (Wildman–Crippen MR) is 188 cm³/mol. The summed E-state index contributed by atoms with van der Waals surface area (Å²) in [5.74, 6) is -1.59. The third-order valence-corrected chi connectivity index (χ3v) is 9.21. The summed E-state index contributed by atoms with van der Waals surface area (Å²) >= 11 is 0. The molecule has 1 fully saturated rings. The molecule has 234 valence electrons. The van der Waals surface area contributed by atoms with E-state index in [2.05, 4.69) is 0 Å². The summed E-state index contributed by atoms with van der Waals surface area (Å²) in [5.41, 5.74) is 4.63. The molecule has 6 nitrogen and oxygen atoms in total. The van der Waals surface area contributed by atoms with Crippen LogP contribution in [0.15, 0.2) is 158 Å². The van der Waals surface area contributed by atoms with Crippen molar-refractivity contribution < 1.29 is 20.4 Å². The zero-order valence-corrected chi connectivity index (χ0v) is 25.9. The lowest BCUT2D eigenvalue weighted by atomic mass is 9.55. The quantitative estimate of drug-likeness (QED) is 0.136. The van der Waals surface area contributed by atoms with Crippen molar-refractivity contribution in [2.24, 2.45) is 0 Å². The number of phenolic OH excluding ortho intramolecular Hbond substituents is 2. The van der Waals surface area contributed by atoms with Gasteiger partial charge in [-0.15, -0.1) is 0 Å². The van der Waals surface area contributed by atoms with E-state index in [0.29, 0.717) is 11.1 Å². The number of anilines is 6. The number of rotatable bonds is 8. The maximum Gasteiger partial charge on any atom is 0.121 e. The van der Waals surface area contributed by atoms with Gasteiger partial charge in [0.2, 0.25) is 0 Å². The first-order valence-electron chi connectivity index (χ1n) is 15.7. The number of para-hydroxylation sites is 4. The van der Waals surface area contributed by atoms with Gasteiger partial charge in [0.05, 0.1) is 11.7 Å². The average Bonchev–Trinajstić information content (AvgIpc) is 3.09. The molecule has 7 rings (SSSR count). The van der Waals surface area contributed by atoms with Gasteiger partial charge in [0.15, 0.2) is 0 Å². The molecule has 2 unspecified atom stereocenters. The van der Waals surface area contributed by atoms with E-state index in [1.54, 1.807) is 31.2 Å². The van der Waals surface area contributed by atoms with Gasteiger partial charge in [0.1, 0.15) is 11.5 Å². The Balaban J connectivity index is 1.19. The molecule has 0 aliphatic heterocycles. The molecule has 6 aromatic rings. The number of aliphatic hydroxyl groups excluding tert-OH is 1. The van der Waals surface area contributed by atoms with Gasteiger partial charge < -0.3 is 30.2 Å². The largest absolute Gasteiger partial charge is 0.508 e. The summed E-state index contributed by atoms with van der Waals surface area (Å²) in [6.07, 6.45) is -1.04. The van der Waals surface area contributed by atoms with Gasteiger partial charge in [-0.1, -0.05) is 84.9 Å². The molecule has 1 aliphatic rings. The molecule has 0 amide bonds. The first-order chi connectivity index (χ1) is 22.8. The van der Waals surface area contributed by atoms with Crippen molar-refractivity contribution in [2.75, 3.05) is 9.80 Å².